The number of carbonyl (C=O) groups excluding carboxylic acids is 1. The molecule has 0 radical (unpaired) electrons. The fraction of sp³-hybridized carbons (Fsp3) is 0.0417. The molecule has 0 saturated carbocycles. The largest absolute Gasteiger partial charge is 0.307 e. The van der Waals surface area contributed by atoms with E-state index < -0.39 is 5.91 Å². The molecule has 30 heavy (non-hydrogen) atoms. The Balaban J connectivity index is 1.66. The molecule has 0 aliphatic heterocycles. The van der Waals surface area contributed by atoms with Crippen LogP contribution in [0.3, 0.4) is 0 Å². The first kappa shape index (κ1) is 20.0. The summed E-state index contributed by atoms with van der Waals surface area (Å²) in [5.41, 5.74) is 10.8. The number of carbonyl (C=O) groups is 1. The SMILES string of the molecule is Cc1cc(I)ccc1NNC(=O)c1nc(-c2ccccc2)cc(-c2ccccc2)n1. The van der Waals surface area contributed by atoms with Crippen molar-refractivity contribution >= 4 is 34.2 Å². The number of aromatic nitrogens is 2. The second kappa shape index (κ2) is 9.04. The van der Waals surface area contributed by atoms with E-state index in [1.165, 1.54) is 0 Å². The lowest BCUT2D eigenvalue weighted by Crippen LogP contribution is -2.31. The summed E-state index contributed by atoms with van der Waals surface area (Å²) in [4.78, 5) is 21.9. The van der Waals surface area contributed by atoms with Gasteiger partial charge in [-0.25, -0.2) is 9.97 Å². The predicted octanol–water partition coefficient (Wildman–Crippen LogP) is 5.48. The molecule has 3 aromatic carbocycles. The van der Waals surface area contributed by atoms with Crippen molar-refractivity contribution in [3.05, 3.63) is 99.9 Å². The summed E-state index contributed by atoms with van der Waals surface area (Å²) < 4.78 is 1.13. The van der Waals surface area contributed by atoms with Crippen LogP contribution in [0.5, 0.6) is 0 Å². The van der Waals surface area contributed by atoms with E-state index in [0.717, 1.165) is 25.9 Å². The molecule has 0 unspecified atom stereocenters. The van der Waals surface area contributed by atoms with Gasteiger partial charge in [-0.05, 0) is 59.3 Å². The van der Waals surface area contributed by atoms with Gasteiger partial charge >= 0.3 is 5.91 Å². The predicted molar refractivity (Wildman–Crippen MR) is 128 cm³/mol. The molecule has 1 amide bonds. The van der Waals surface area contributed by atoms with Crippen molar-refractivity contribution in [1.82, 2.24) is 15.4 Å². The lowest BCUT2D eigenvalue weighted by molar-refractivity contribution is 0.0952. The van der Waals surface area contributed by atoms with Gasteiger partial charge in [-0.1, -0.05) is 60.7 Å². The smallest absolute Gasteiger partial charge is 0.298 e. The van der Waals surface area contributed by atoms with Crippen LogP contribution in [0.1, 0.15) is 16.2 Å². The third kappa shape index (κ3) is 4.65. The average Bonchev–Trinajstić information content (AvgIpc) is 2.79. The van der Waals surface area contributed by atoms with Crippen molar-refractivity contribution in [1.29, 1.82) is 0 Å². The van der Waals surface area contributed by atoms with E-state index in [1.54, 1.807) is 0 Å². The Morgan fingerprint density at radius 1 is 0.800 bits per heavy atom. The van der Waals surface area contributed by atoms with E-state index in [9.17, 15) is 4.79 Å². The van der Waals surface area contributed by atoms with Crippen LogP contribution in [0.15, 0.2) is 84.9 Å². The highest BCUT2D eigenvalue weighted by Crippen LogP contribution is 2.24. The number of nitrogens with zero attached hydrogens (tertiary/aromatic N) is 2. The summed E-state index contributed by atoms with van der Waals surface area (Å²) in [6.45, 7) is 1.98. The van der Waals surface area contributed by atoms with E-state index in [4.69, 9.17) is 0 Å². The first-order valence-corrected chi connectivity index (χ1v) is 10.5. The number of hydrogen-bond acceptors (Lipinski definition) is 4. The summed E-state index contributed by atoms with van der Waals surface area (Å²) in [6, 6.07) is 27.4. The number of nitrogens with one attached hydrogen (secondary N) is 2. The lowest BCUT2D eigenvalue weighted by Gasteiger charge is -2.12. The highest BCUT2D eigenvalue weighted by molar-refractivity contribution is 14.1. The quantitative estimate of drug-likeness (QED) is 0.278. The fourth-order valence-corrected chi connectivity index (χ4v) is 3.66. The molecular weight excluding hydrogens is 487 g/mol. The summed E-state index contributed by atoms with van der Waals surface area (Å²) >= 11 is 2.26. The number of benzene rings is 3. The molecule has 1 aromatic heterocycles. The normalized spacial score (nSPS) is 10.5. The third-order valence-electron chi connectivity index (χ3n) is 4.57. The Labute approximate surface area is 188 Å². The Morgan fingerprint density at radius 2 is 1.37 bits per heavy atom. The van der Waals surface area contributed by atoms with Crippen LogP contribution in [0.4, 0.5) is 5.69 Å². The highest BCUT2D eigenvalue weighted by atomic mass is 127. The Morgan fingerprint density at radius 3 is 1.90 bits per heavy atom. The van der Waals surface area contributed by atoms with E-state index in [1.807, 2.05) is 91.9 Å². The topological polar surface area (TPSA) is 66.9 Å². The zero-order valence-electron chi connectivity index (χ0n) is 16.3. The number of halogens is 1. The van der Waals surface area contributed by atoms with Crippen LogP contribution in [0.25, 0.3) is 22.5 Å². The second-order valence-corrected chi connectivity index (χ2v) is 7.98. The van der Waals surface area contributed by atoms with Crippen LogP contribution in [0, 0.1) is 10.5 Å². The third-order valence-corrected chi connectivity index (χ3v) is 5.24. The zero-order chi connectivity index (χ0) is 20.9. The van der Waals surface area contributed by atoms with Gasteiger partial charge in [0.25, 0.3) is 0 Å². The number of hydrazine groups is 1. The van der Waals surface area contributed by atoms with Gasteiger partial charge in [0.05, 0.1) is 17.1 Å². The molecular formula is C24H19IN4O. The van der Waals surface area contributed by atoms with E-state index in [-0.39, 0.29) is 5.82 Å². The summed E-state index contributed by atoms with van der Waals surface area (Å²) in [5.74, 6) is -0.297. The van der Waals surface area contributed by atoms with Gasteiger partial charge < -0.3 is 0 Å². The Bertz CT molecular complexity index is 1120. The molecule has 4 aromatic rings. The highest BCUT2D eigenvalue weighted by Gasteiger charge is 2.15. The molecule has 0 bridgehead atoms. The van der Waals surface area contributed by atoms with E-state index >= 15 is 0 Å². The molecule has 148 valence electrons. The maximum absolute atomic E-state index is 12.9. The van der Waals surface area contributed by atoms with Crippen LogP contribution in [0.2, 0.25) is 0 Å². The second-order valence-electron chi connectivity index (χ2n) is 6.73. The van der Waals surface area contributed by atoms with Crippen molar-refractivity contribution in [2.45, 2.75) is 6.92 Å². The average molecular weight is 506 g/mol. The van der Waals surface area contributed by atoms with Crippen molar-refractivity contribution in [2.24, 2.45) is 0 Å². The molecule has 0 aliphatic carbocycles. The van der Waals surface area contributed by atoms with Crippen LogP contribution < -0.4 is 10.9 Å². The molecule has 0 aliphatic rings. The standard InChI is InChI=1S/C24H19IN4O/c1-16-14-19(25)12-13-20(16)28-29-24(30)23-26-21(17-8-4-2-5-9-17)15-22(27-23)18-10-6-3-7-11-18/h2-15,28H,1H3,(H,29,30). The molecule has 0 atom stereocenters. The van der Waals surface area contributed by atoms with Gasteiger partial charge in [0.2, 0.25) is 5.82 Å². The van der Waals surface area contributed by atoms with Gasteiger partial charge in [0.1, 0.15) is 0 Å². The number of aryl methyl sites for hydroxylation is 1. The number of anilines is 1. The van der Waals surface area contributed by atoms with Crippen LogP contribution >= 0.6 is 22.6 Å². The minimum absolute atomic E-state index is 0.103. The van der Waals surface area contributed by atoms with Crippen molar-refractivity contribution < 1.29 is 4.79 Å². The van der Waals surface area contributed by atoms with Gasteiger partial charge in [0.15, 0.2) is 0 Å². The zero-order valence-corrected chi connectivity index (χ0v) is 18.4. The van der Waals surface area contributed by atoms with Gasteiger partial charge in [-0.15, -0.1) is 0 Å². The molecule has 1 heterocycles. The Kier molecular flexibility index (Phi) is 6.04. The van der Waals surface area contributed by atoms with Crippen molar-refractivity contribution in [3.63, 3.8) is 0 Å². The first-order chi connectivity index (χ1) is 14.6. The maximum atomic E-state index is 12.9. The summed E-state index contributed by atoms with van der Waals surface area (Å²) in [6.07, 6.45) is 0. The molecule has 5 nitrogen and oxygen atoms in total. The monoisotopic (exact) mass is 506 g/mol. The van der Waals surface area contributed by atoms with Gasteiger partial charge in [-0.3, -0.25) is 15.6 Å². The number of hydrogen-bond donors (Lipinski definition) is 2. The summed E-state index contributed by atoms with van der Waals surface area (Å²) in [7, 11) is 0. The Hall–Kier alpha value is -3.26. The van der Waals surface area contributed by atoms with Crippen molar-refractivity contribution in [2.75, 3.05) is 5.43 Å². The number of rotatable bonds is 5. The molecule has 6 heteroatoms. The van der Waals surface area contributed by atoms with Gasteiger partial charge in [-0.2, -0.15) is 0 Å². The molecule has 0 spiro atoms. The van der Waals surface area contributed by atoms with Crippen LogP contribution in [-0.4, -0.2) is 15.9 Å². The first-order valence-electron chi connectivity index (χ1n) is 9.42. The maximum Gasteiger partial charge on any atom is 0.307 e. The minimum atomic E-state index is -0.400. The van der Waals surface area contributed by atoms with Gasteiger partial charge in [0, 0.05) is 14.7 Å². The number of amides is 1. The van der Waals surface area contributed by atoms with E-state index in [0.29, 0.717) is 11.4 Å². The molecule has 4 rings (SSSR count). The summed E-state index contributed by atoms with van der Waals surface area (Å²) in [5, 5.41) is 0. The fourth-order valence-electron chi connectivity index (χ4n) is 3.01. The molecule has 2 N–H and O–H groups in total. The minimum Gasteiger partial charge on any atom is -0.298 e. The molecule has 0 saturated heterocycles. The van der Waals surface area contributed by atoms with E-state index in [2.05, 4.69) is 43.4 Å². The van der Waals surface area contributed by atoms with Crippen LogP contribution in [-0.2, 0) is 0 Å². The van der Waals surface area contributed by atoms with Crippen molar-refractivity contribution in [3.8, 4) is 22.5 Å². The lowest BCUT2D eigenvalue weighted by atomic mass is 10.1. The molecule has 0 fully saturated rings.